The third-order valence-corrected chi connectivity index (χ3v) is 5.69. The van der Waals surface area contributed by atoms with Gasteiger partial charge in [-0.05, 0) is 53.3 Å². The number of carbonyl (C=O) groups excluding carboxylic acids is 1. The number of rotatable bonds is 2. The molecule has 0 atom stereocenters. The molecule has 24 heavy (non-hydrogen) atoms. The molecule has 0 aromatic heterocycles. The lowest BCUT2D eigenvalue weighted by atomic mass is 9.66. The third kappa shape index (κ3) is 2.62. The Bertz CT molecular complexity index is 747. The second-order valence-corrected chi connectivity index (χ2v) is 7.23. The number of halogens is 1. The van der Waals surface area contributed by atoms with Gasteiger partial charge >= 0.3 is 0 Å². The van der Waals surface area contributed by atoms with E-state index in [-0.39, 0.29) is 11.2 Å². The number of amides is 1. The molecule has 1 aliphatic heterocycles. The van der Waals surface area contributed by atoms with Crippen molar-refractivity contribution in [3.05, 3.63) is 59.4 Å². The number of fused-ring (bicyclic) bond motifs is 2. The summed E-state index contributed by atoms with van der Waals surface area (Å²) in [5, 5.41) is 0. The molecule has 2 aromatic carbocycles. The molecule has 1 aliphatic carbocycles. The van der Waals surface area contributed by atoms with Gasteiger partial charge in [0.15, 0.2) is 0 Å². The first-order valence-electron chi connectivity index (χ1n) is 8.79. The highest BCUT2D eigenvalue weighted by molar-refractivity contribution is 5.66. The van der Waals surface area contributed by atoms with Gasteiger partial charge in [0.25, 0.3) is 0 Å². The monoisotopic (exact) mass is 323 g/mol. The molecule has 0 N–H and O–H groups in total. The van der Waals surface area contributed by atoms with Crippen molar-refractivity contribution in [3.8, 4) is 11.1 Å². The van der Waals surface area contributed by atoms with Crippen LogP contribution in [0.4, 0.5) is 4.39 Å². The van der Waals surface area contributed by atoms with Gasteiger partial charge in [0, 0.05) is 18.5 Å². The van der Waals surface area contributed by atoms with Crippen LogP contribution in [0.1, 0.15) is 43.2 Å². The Balaban J connectivity index is 1.77. The fraction of sp³-hybridized carbons (Fsp3) is 0.381. The van der Waals surface area contributed by atoms with E-state index in [0.717, 1.165) is 24.1 Å². The van der Waals surface area contributed by atoms with Crippen LogP contribution in [0.15, 0.2) is 42.5 Å². The molecule has 1 spiro atoms. The first kappa shape index (κ1) is 15.4. The van der Waals surface area contributed by atoms with Crippen molar-refractivity contribution in [2.24, 2.45) is 0 Å². The lowest BCUT2D eigenvalue weighted by molar-refractivity contribution is -0.120. The van der Waals surface area contributed by atoms with Crippen LogP contribution in [0, 0.1) is 5.82 Å². The molecule has 2 aromatic rings. The number of hydrogen-bond donors (Lipinski definition) is 0. The number of benzene rings is 2. The Kier molecular flexibility index (Phi) is 3.87. The Morgan fingerprint density at radius 2 is 1.67 bits per heavy atom. The first-order chi connectivity index (χ1) is 11.7. The van der Waals surface area contributed by atoms with Gasteiger partial charge in [-0.1, -0.05) is 43.5 Å². The van der Waals surface area contributed by atoms with Gasteiger partial charge in [-0.15, -0.1) is 0 Å². The van der Waals surface area contributed by atoms with E-state index in [1.165, 1.54) is 55.4 Å². The molecule has 3 heteroatoms. The van der Waals surface area contributed by atoms with Gasteiger partial charge in [0.2, 0.25) is 6.41 Å². The lowest BCUT2D eigenvalue weighted by Crippen LogP contribution is -2.46. The molecule has 0 radical (unpaired) electrons. The molecule has 1 heterocycles. The predicted octanol–water partition coefficient (Wildman–Crippen LogP) is 4.67. The number of carbonyl (C=O) groups is 1. The Hall–Kier alpha value is -2.16. The van der Waals surface area contributed by atoms with E-state index in [4.69, 9.17) is 0 Å². The van der Waals surface area contributed by atoms with Crippen molar-refractivity contribution in [1.82, 2.24) is 4.90 Å². The van der Waals surface area contributed by atoms with E-state index in [1.54, 1.807) is 0 Å². The zero-order chi connectivity index (χ0) is 16.6. The van der Waals surface area contributed by atoms with Gasteiger partial charge in [0.05, 0.1) is 0 Å². The van der Waals surface area contributed by atoms with E-state index < -0.39 is 0 Å². The van der Waals surface area contributed by atoms with Gasteiger partial charge in [-0.3, -0.25) is 4.79 Å². The molecule has 0 bridgehead atoms. The molecule has 4 rings (SSSR count). The van der Waals surface area contributed by atoms with Crippen LogP contribution in [0.25, 0.3) is 11.1 Å². The summed E-state index contributed by atoms with van der Waals surface area (Å²) >= 11 is 0. The summed E-state index contributed by atoms with van der Waals surface area (Å²) in [6.45, 7) is 1.52. The average molecular weight is 323 g/mol. The van der Waals surface area contributed by atoms with E-state index >= 15 is 0 Å². The summed E-state index contributed by atoms with van der Waals surface area (Å²) in [5.74, 6) is -0.218. The summed E-state index contributed by atoms with van der Waals surface area (Å²) in [6, 6.07) is 13.2. The van der Waals surface area contributed by atoms with Crippen molar-refractivity contribution in [2.75, 3.05) is 6.54 Å². The van der Waals surface area contributed by atoms with Crippen molar-refractivity contribution in [3.63, 3.8) is 0 Å². The molecular formula is C21H22FNO. The van der Waals surface area contributed by atoms with Crippen LogP contribution in [-0.4, -0.2) is 17.9 Å². The zero-order valence-corrected chi connectivity index (χ0v) is 13.8. The second kappa shape index (κ2) is 6.04. The first-order valence-corrected chi connectivity index (χ1v) is 8.79. The average Bonchev–Trinajstić information content (AvgIpc) is 2.62. The minimum absolute atomic E-state index is 0.133. The van der Waals surface area contributed by atoms with Crippen LogP contribution in [0.5, 0.6) is 0 Å². The van der Waals surface area contributed by atoms with Crippen molar-refractivity contribution in [1.29, 1.82) is 0 Å². The Morgan fingerprint density at radius 3 is 2.38 bits per heavy atom. The van der Waals surface area contributed by atoms with E-state index in [2.05, 4.69) is 18.2 Å². The molecule has 2 aliphatic rings. The fourth-order valence-electron chi connectivity index (χ4n) is 4.54. The summed E-state index contributed by atoms with van der Waals surface area (Å²) in [5.41, 5.74) is 4.91. The highest BCUT2D eigenvalue weighted by atomic mass is 19.1. The molecule has 2 nitrogen and oxygen atoms in total. The highest BCUT2D eigenvalue weighted by Gasteiger charge is 2.40. The molecule has 1 saturated carbocycles. The maximum Gasteiger partial charge on any atom is 0.210 e. The maximum absolute atomic E-state index is 13.2. The number of nitrogens with zero attached hydrogens (tertiary/aromatic N) is 1. The topological polar surface area (TPSA) is 20.3 Å². The highest BCUT2D eigenvalue weighted by Crippen LogP contribution is 2.45. The van der Waals surface area contributed by atoms with Crippen molar-refractivity contribution < 1.29 is 9.18 Å². The molecule has 124 valence electrons. The molecule has 0 saturated heterocycles. The van der Waals surface area contributed by atoms with Crippen LogP contribution >= 0.6 is 0 Å². The maximum atomic E-state index is 13.2. The van der Waals surface area contributed by atoms with E-state index in [0.29, 0.717) is 6.54 Å². The lowest BCUT2D eigenvalue weighted by Gasteiger charge is -2.45. The third-order valence-electron chi connectivity index (χ3n) is 5.69. The van der Waals surface area contributed by atoms with Gasteiger partial charge < -0.3 is 4.90 Å². The largest absolute Gasteiger partial charge is 0.340 e. The van der Waals surface area contributed by atoms with Crippen molar-refractivity contribution >= 4 is 6.41 Å². The Labute approximate surface area is 142 Å². The van der Waals surface area contributed by atoms with Gasteiger partial charge in [-0.2, -0.15) is 0 Å². The minimum atomic E-state index is -0.218. The van der Waals surface area contributed by atoms with E-state index in [9.17, 15) is 9.18 Å². The van der Waals surface area contributed by atoms with E-state index in [1.807, 2.05) is 17.0 Å². The van der Waals surface area contributed by atoms with Gasteiger partial charge in [0.1, 0.15) is 5.82 Å². The molecule has 0 unspecified atom stereocenters. The van der Waals surface area contributed by atoms with Crippen LogP contribution < -0.4 is 0 Å². The normalized spacial score (nSPS) is 19.1. The quantitative estimate of drug-likeness (QED) is 0.736. The zero-order valence-electron chi connectivity index (χ0n) is 13.8. The van der Waals surface area contributed by atoms with Crippen LogP contribution in [-0.2, 0) is 16.8 Å². The van der Waals surface area contributed by atoms with Crippen molar-refractivity contribution in [2.45, 2.75) is 44.1 Å². The summed E-state index contributed by atoms with van der Waals surface area (Å²) < 4.78 is 13.2. The van der Waals surface area contributed by atoms with Crippen LogP contribution in [0.3, 0.4) is 0 Å². The standard InChI is InChI=1S/C21H22FNO/c22-19-7-4-16(5-8-19)17-6-9-20-18(12-17)13-23(15-24)14-21(20)10-2-1-3-11-21/h4-9,12,15H,1-3,10-11,13-14H2. The molecule has 1 amide bonds. The predicted molar refractivity (Wildman–Crippen MR) is 93.1 cm³/mol. The molecular weight excluding hydrogens is 301 g/mol. The van der Waals surface area contributed by atoms with Crippen LogP contribution in [0.2, 0.25) is 0 Å². The smallest absolute Gasteiger partial charge is 0.210 e. The summed E-state index contributed by atoms with van der Waals surface area (Å²) in [4.78, 5) is 13.4. The summed E-state index contributed by atoms with van der Waals surface area (Å²) in [6.07, 6.45) is 7.11. The fourth-order valence-corrected chi connectivity index (χ4v) is 4.54. The Morgan fingerprint density at radius 1 is 0.958 bits per heavy atom. The second-order valence-electron chi connectivity index (χ2n) is 7.23. The number of hydrogen-bond acceptors (Lipinski definition) is 1. The SMILES string of the molecule is O=CN1Cc2cc(-c3ccc(F)cc3)ccc2C2(CCCCC2)C1. The van der Waals surface area contributed by atoms with Gasteiger partial charge in [-0.25, -0.2) is 4.39 Å². The molecule has 1 fully saturated rings. The summed E-state index contributed by atoms with van der Waals surface area (Å²) in [7, 11) is 0. The minimum Gasteiger partial charge on any atom is -0.340 e.